The van der Waals surface area contributed by atoms with E-state index in [0.29, 0.717) is 17.4 Å². The number of H-pyrrole nitrogens is 1. The van der Waals surface area contributed by atoms with E-state index in [-0.39, 0.29) is 12.1 Å². The summed E-state index contributed by atoms with van der Waals surface area (Å²) in [6, 6.07) is 14.6. The van der Waals surface area contributed by atoms with Gasteiger partial charge in [-0.3, -0.25) is 0 Å². The number of benzene rings is 2. The van der Waals surface area contributed by atoms with Crippen molar-refractivity contribution in [1.82, 2.24) is 14.3 Å². The van der Waals surface area contributed by atoms with Crippen molar-refractivity contribution >= 4 is 21.1 Å². The molecule has 2 saturated carbocycles. The summed E-state index contributed by atoms with van der Waals surface area (Å²) in [6.07, 6.45) is 10.6. The van der Waals surface area contributed by atoms with Crippen LogP contribution in [0.3, 0.4) is 0 Å². The highest BCUT2D eigenvalue weighted by atomic mass is 32.2. The van der Waals surface area contributed by atoms with Gasteiger partial charge in [-0.05, 0) is 61.8 Å². The Balaban J connectivity index is 1.28. The molecule has 1 saturated heterocycles. The molecule has 2 heterocycles. The van der Waals surface area contributed by atoms with E-state index < -0.39 is 10.0 Å². The molecule has 1 aromatic heterocycles. The van der Waals surface area contributed by atoms with Crippen molar-refractivity contribution in [3.8, 4) is 5.75 Å². The summed E-state index contributed by atoms with van der Waals surface area (Å²) in [4.78, 5) is 8.77. The quantitative estimate of drug-likeness (QED) is 0.463. The molecular formula is C27H33N3O3S. The number of aromatic amines is 1. The second-order valence-electron chi connectivity index (χ2n) is 10.2. The van der Waals surface area contributed by atoms with Gasteiger partial charge in [0, 0.05) is 6.04 Å². The highest BCUT2D eigenvalue weighted by Crippen LogP contribution is 2.52. The Bertz CT molecular complexity index is 1250. The van der Waals surface area contributed by atoms with E-state index in [2.05, 4.69) is 4.98 Å². The predicted octanol–water partition coefficient (Wildman–Crippen LogP) is 5.83. The Morgan fingerprint density at radius 1 is 0.971 bits per heavy atom. The van der Waals surface area contributed by atoms with Crippen molar-refractivity contribution in [3.05, 3.63) is 54.4 Å². The second kappa shape index (κ2) is 9.00. The number of hydrogen-bond donors (Lipinski definition) is 1. The number of rotatable bonds is 7. The zero-order valence-electron chi connectivity index (χ0n) is 19.5. The summed E-state index contributed by atoms with van der Waals surface area (Å²) < 4.78 is 35.2. The summed E-state index contributed by atoms with van der Waals surface area (Å²) >= 11 is 0. The summed E-state index contributed by atoms with van der Waals surface area (Å²) in [6.45, 7) is 0.703. The number of imidazole rings is 1. The van der Waals surface area contributed by atoms with Gasteiger partial charge >= 0.3 is 0 Å². The van der Waals surface area contributed by atoms with Crippen LogP contribution in [0.25, 0.3) is 11.0 Å². The largest absolute Gasteiger partial charge is 0.491 e. The molecule has 0 unspecified atom stereocenters. The molecule has 0 radical (unpaired) electrons. The monoisotopic (exact) mass is 479 g/mol. The van der Waals surface area contributed by atoms with Gasteiger partial charge in [0.1, 0.15) is 17.1 Å². The first-order valence-corrected chi connectivity index (χ1v) is 14.3. The summed E-state index contributed by atoms with van der Waals surface area (Å²) in [5.41, 5.74) is 1.71. The highest BCUT2D eigenvalue weighted by Gasteiger charge is 2.53. The number of fused-ring (bicyclic) bond motifs is 3. The minimum Gasteiger partial charge on any atom is -0.491 e. The zero-order chi connectivity index (χ0) is 23.1. The molecule has 6 rings (SSSR count). The molecule has 0 spiro atoms. The highest BCUT2D eigenvalue weighted by molar-refractivity contribution is 7.89. The van der Waals surface area contributed by atoms with Gasteiger partial charge in [0.2, 0.25) is 10.0 Å². The normalized spacial score (nSPS) is 25.8. The molecule has 2 aromatic carbocycles. The van der Waals surface area contributed by atoms with Crippen molar-refractivity contribution in [2.24, 2.45) is 11.8 Å². The lowest BCUT2D eigenvalue weighted by Crippen LogP contribution is -2.40. The van der Waals surface area contributed by atoms with E-state index in [1.165, 1.54) is 32.1 Å². The maximum absolute atomic E-state index is 13.6. The third-order valence-corrected chi connectivity index (χ3v) is 10.1. The Morgan fingerprint density at radius 3 is 2.62 bits per heavy atom. The lowest BCUT2D eigenvalue weighted by atomic mass is 9.87. The molecule has 3 aliphatic rings. The molecule has 180 valence electrons. The van der Waals surface area contributed by atoms with Crippen molar-refractivity contribution in [1.29, 1.82) is 0 Å². The molecule has 0 amide bonds. The van der Waals surface area contributed by atoms with Gasteiger partial charge in [0.05, 0.1) is 23.1 Å². The molecule has 3 fully saturated rings. The molecule has 34 heavy (non-hydrogen) atoms. The minimum absolute atomic E-state index is 0.0413. The van der Waals surface area contributed by atoms with E-state index in [9.17, 15) is 8.42 Å². The molecule has 1 aliphatic heterocycles. The average molecular weight is 480 g/mol. The van der Waals surface area contributed by atoms with Gasteiger partial charge in [-0.25, -0.2) is 13.4 Å². The molecule has 3 aromatic rings. The van der Waals surface area contributed by atoms with Gasteiger partial charge in [-0.1, -0.05) is 56.4 Å². The Hall–Kier alpha value is -2.38. The van der Waals surface area contributed by atoms with E-state index in [1.54, 1.807) is 28.6 Å². The Kier molecular flexibility index (Phi) is 5.86. The number of ether oxygens (including phenoxy) is 1. The first kappa shape index (κ1) is 22.1. The molecule has 2 aliphatic carbocycles. The Labute approximate surface area is 201 Å². The van der Waals surface area contributed by atoms with Crippen LogP contribution >= 0.6 is 0 Å². The van der Waals surface area contributed by atoms with Gasteiger partial charge < -0.3 is 9.72 Å². The molecule has 1 N–H and O–H groups in total. The maximum Gasteiger partial charge on any atom is 0.244 e. The van der Waals surface area contributed by atoms with Crippen LogP contribution in [0.2, 0.25) is 0 Å². The number of nitrogens with one attached hydrogen (secondary N) is 1. The first-order valence-electron chi connectivity index (χ1n) is 12.8. The molecule has 2 bridgehead atoms. The van der Waals surface area contributed by atoms with Crippen LogP contribution in [0.1, 0.15) is 69.7 Å². The van der Waals surface area contributed by atoms with Crippen LogP contribution in [0.5, 0.6) is 5.75 Å². The van der Waals surface area contributed by atoms with E-state index in [1.807, 2.05) is 24.3 Å². The average Bonchev–Trinajstić information content (AvgIpc) is 3.60. The first-order chi connectivity index (χ1) is 16.6. The third-order valence-electron chi connectivity index (χ3n) is 8.13. The third kappa shape index (κ3) is 3.93. The van der Waals surface area contributed by atoms with Crippen LogP contribution in [-0.2, 0) is 10.0 Å². The van der Waals surface area contributed by atoms with Crippen molar-refractivity contribution in [2.45, 2.75) is 74.8 Å². The lowest BCUT2D eigenvalue weighted by molar-refractivity contribution is 0.238. The number of aromatic nitrogens is 2. The number of nitrogens with zero attached hydrogens (tertiary/aromatic N) is 2. The second-order valence-corrected chi connectivity index (χ2v) is 12.1. The van der Waals surface area contributed by atoms with E-state index in [4.69, 9.17) is 9.72 Å². The zero-order valence-corrected chi connectivity index (χ0v) is 20.3. The minimum atomic E-state index is -3.60. The van der Waals surface area contributed by atoms with Gasteiger partial charge in [0.25, 0.3) is 0 Å². The van der Waals surface area contributed by atoms with E-state index >= 15 is 0 Å². The number of hydrogen-bond acceptors (Lipinski definition) is 4. The van der Waals surface area contributed by atoms with Crippen LogP contribution in [0.4, 0.5) is 0 Å². The van der Waals surface area contributed by atoms with Crippen molar-refractivity contribution in [2.75, 3.05) is 6.61 Å². The lowest BCUT2D eigenvalue weighted by Gasteiger charge is -2.33. The predicted molar refractivity (Wildman–Crippen MR) is 132 cm³/mol. The van der Waals surface area contributed by atoms with E-state index in [0.717, 1.165) is 54.2 Å². The number of piperidine rings is 1. The topological polar surface area (TPSA) is 75.3 Å². The standard InChI is InChI=1S/C27H33N3O3S/c31-34(32,22-10-5-2-6-11-22)30-21-15-14-20(18-21)26(30)27-28-23-12-7-13-24(25(23)29-27)33-17-16-19-8-3-1-4-9-19/h2,5-7,10-13,19-21,26H,1,3-4,8-9,14-18H2,(H,28,29)/t20-,21+,26-/m0/s1. The van der Waals surface area contributed by atoms with Gasteiger partial charge in [-0.2, -0.15) is 4.31 Å². The van der Waals surface area contributed by atoms with Gasteiger partial charge in [-0.15, -0.1) is 0 Å². The molecule has 7 heteroatoms. The van der Waals surface area contributed by atoms with Crippen LogP contribution in [0.15, 0.2) is 53.4 Å². The van der Waals surface area contributed by atoms with Crippen molar-refractivity contribution in [3.63, 3.8) is 0 Å². The summed E-state index contributed by atoms with van der Waals surface area (Å²) in [7, 11) is -3.60. The smallest absolute Gasteiger partial charge is 0.244 e. The van der Waals surface area contributed by atoms with Crippen molar-refractivity contribution < 1.29 is 13.2 Å². The number of para-hydroxylation sites is 1. The summed E-state index contributed by atoms with van der Waals surface area (Å²) in [5.74, 6) is 2.59. The van der Waals surface area contributed by atoms with Crippen LogP contribution < -0.4 is 4.74 Å². The van der Waals surface area contributed by atoms with Crippen LogP contribution in [0, 0.1) is 11.8 Å². The number of sulfonamides is 1. The maximum atomic E-state index is 13.6. The summed E-state index contributed by atoms with van der Waals surface area (Å²) in [5, 5.41) is 0. The fourth-order valence-electron chi connectivity index (χ4n) is 6.44. The fourth-order valence-corrected chi connectivity index (χ4v) is 8.34. The Morgan fingerprint density at radius 2 is 1.79 bits per heavy atom. The fraction of sp³-hybridized carbons (Fsp3) is 0.519. The molecular weight excluding hydrogens is 446 g/mol. The SMILES string of the molecule is O=S(=O)(c1ccccc1)N1[C@@H]2CC[C@@H](C2)[C@H]1c1nc2c(OCCC3CCCCC3)cccc2[nH]1. The molecule has 3 atom stereocenters. The molecule has 6 nitrogen and oxygen atoms in total. The van der Waals surface area contributed by atoms with Crippen LogP contribution in [-0.4, -0.2) is 35.3 Å². The van der Waals surface area contributed by atoms with Gasteiger partial charge in [0.15, 0.2) is 0 Å².